The van der Waals surface area contributed by atoms with Gasteiger partial charge in [-0.1, -0.05) is 51.1 Å². The first-order valence-electron chi connectivity index (χ1n) is 9.38. The van der Waals surface area contributed by atoms with Crippen LogP contribution in [0.4, 0.5) is 5.13 Å². The number of carbonyl (C=O) groups excluding carboxylic acids is 1. The summed E-state index contributed by atoms with van der Waals surface area (Å²) >= 11 is 1.42. The van der Waals surface area contributed by atoms with Gasteiger partial charge in [0.25, 0.3) is 0 Å². The fraction of sp³-hybridized carbons (Fsp3) is 0.550. The number of amides is 1. The molecule has 0 saturated heterocycles. The first-order chi connectivity index (χ1) is 12.5. The fourth-order valence-corrected chi connectivity index (χ4v) is 3.33. The Hall–Kier alpha value is -1.95. The zero-order chi connectivity index (χ0) is 18.9. The summed E-state index contributed by atoms with van der Waals surface area (Å²) in [7, 11) is 0. The van der Waals surface area contributed by atoms with Crippen molar-refractivity contribution in [3.63, 3.8) is 0 Å². The highest BCUT2D eigenvalue weighted by atomic mass is 32.1. The Labute approximate surface area is 161 Å². The van der Waals surface area contributed by atoms with E-state index in [1.54, 1.807) is 0 Å². The molecular weight excluding hydrogens is 344 g/mol. The number of nitrogens with one attached hydrogen (secondary N) is 1. The van der Waals surface area contributed by atoms with Gasteiger partial charge in [-0.2, -0.15) is 4.37 Å². The van der Waals surface area contributed by atoms with Crippen molar-refractivity contribution in [3.05, 3.63) is 41.7 Å². The summed E-state index contributed by atoms with van der Waals surface area (Å²) < 4.78 is 4.52. The number of hydrogen-bond acceptors (Lipinski definition) is 5. The Balaban J connectivity index is 1.99. The van der Waals surface area contributed by atoms with Crippen LogP contribution in [0.15, 0.2) is 30.3 Å². The van der Waals surface area contributed by atoms with E-state index in [4.69, 9.17) is 4.98 Å². The standard InChI is InChI=1S/C20H30N4OS/c1-5-16(4)21-19(25)11-12-24(14-15(2)3)20-22-18(23-26-20)13-17-9-7-6-8-10-17/h6-10,15-16H,5,11-14H2,1-4H3,(H,21,25)/t16-/m1/s1. The van der Waals surface area contributed by atoms with Gasteiger partial charge in [-0.3, -0.25) is 4.79 Å². The smallest absolute Gasteiger partial charge is 0.221 e. The summed E-state index contributed by atoms with van der Waals surface area (Å²) in [6, 6.07) is 10.5. The lowest BCUT2D eigenvalue weighted by atomic mass is 10.1. The summed E-state index contributed by atoms with van der Waals surface area (Å²) in [5.74, 6) is 1.44. The summed E-state index contributed by atoms with van der Waals surface area (Å²) in [5.41, 5.74) is 1.21. The van der Waals surface area contributed by atoms with Crippen LogP contribution < -0.4 is 10.2 Å². The minimum absolute atomic E-state index is 0.0992. The number of aromatic nitrogens is 2. The van der Waals surface area contributed by atoms with Crippen LogP contribution in [0.2, 0.25) is 0 Å². The molecule has 1 heterocycles. The van der Waals surface area contributed by atoms with Gasteiger partial charge in [-0.25, -0.2) is 4.98 Å². The lowest BCUT2D eigenvalue weighted by Gasteiger charge is -2.23. The quantitative estimate of drug-likeness (QED) is 0.685. The molecule has 0 fully saturated rings. The molecule has 6 heteroatoms. The van der Waals surface area contributed by atoms with Crippen LogP contribution in [0.5, 0.6) is 0 Å². The fourth-order valence-electron chi connectivity index (χ4n) is 2.61. The second-order valence-corrected chi connectivity index (χ2v) is 7.85. The van der Waals surface area contributed by atoms with Gasteiger partial charge in [0.2, 0.25) is 11.0 Å². The minimum atomic E-state index is 0.0992. The zero-order valence-electron chi connectivity index (χ0n) is 16.2. The number of rotatable bonds is 10. The van der Waals surface area contributed by atoms with Gasteiger partial charge >= 0.3 is 0 Å². The Morgan fingerprint density at radius 3 is 2.62 bits per heavy atom. The van der Waals surface area contributed by atoms with Gasteiger partial charge in [0, 0.05) is 43.5 Å². The van der Waals surface area contributed by atoms with Gasteiger partial charge in [0.1, 0.15) is 5.82 Å². The summed E-state index contributed by atoms with van der Waals surface area (Å²) in [4.78, 5) is 19.0. The molecule has 1 atom stereocenters. The Morgan fingerprint density at radius 2 is 1.96 bits per heavy atom. The second-order valence-electron chi connectivity index (χ2n) is 7.12. The predicted octanol–water partition coefficient (Wildman–Crippen LogP) is 3.90. The van der Waals surface area contributed by atoms with E-state index in [1.165, 1.54) is 17.1 Å². The average Bonchev–Trinajstić information content (AvgIpc) is 3.07. The van der Waals surface area contributed by atoms with E-state index < -0.39 is 0 Å². The molecule has 5 nitrogen and oxygen atoms in total. The van der Waals surface area contributed by atoms with E-state index in [0.717, 1.165) is 30.3 Å². The summed E-state index contributed by atoms with van der Waals surface area (Å²) in [6.45, 7) is 10.0. The third kappa shape index (κ3) is 6.75. The van der Waals surface area contributed by atoms with E-state index in [9.17, 15) is 4.79 Å². The maximum atomic E-state index is 12.1. The molecule has 26 heavy (non-hydrogen) atoms. The molecular formula is C20H30N4OS. The number of anilines is 1. The van der Waals surface area contributed by atoms with E-state index in [2.05, 4.69) is 47.5 Å². The average molecular weight is 375 g/mol. The van der Waals surface area contributed by atoms with Crippen molar-refractivity contribution in [1.29, 1.82) is 0 Å². The van der Waals surface area contributed by atoms with Crippen molar-refractivity contribution >= 4 is 22.6 Å². The number of benzene rings is 1. The van der Waals surface area contributed by atoms with Gasteiger partial charge in [0.15, 0.2) is 0 Å². The molecule has 1 aromatic carbocycles. The van der Waals surface area contributed by atoms with Crippen molar-refractivity contribution in [1.82, 2.24) is 14.7 Å². The number of carbonyl (C=O) groups is 1. The monoisotopic (exact) mass is 374 g/mol. The molecule has 0 aliphatic rings. The molecule has 1 aromatic heterocycles. The van der Waals surface area contributed by atoms with E-state index >= 15 is 0 Å². The summed E-state index contributed by atoms with van der Waals surface area (Å²) in [5, 5.41) is 3.93. The van der Waals surface area contributed by atoms with Crippen molar-refractivity contribution in [2.75, 3.05) is 18.0 Å². The Bertz CT molecular complexity index is 671. The third-order valence-electron chi connectivity index (χ3n) is 4.15. The molecule has 2 rings (SSSR count). The van der Waals surface area contributed by atoms with Gasteiger partial charge < -0.3 is 10.2 Å². The van der Waals surface area contributed by atoms with E-state index in [1.807, 2.05) is 25.1 Å². The molecule has 0 spiro atoms. The van der Waals surface area contributed by atoms with Crippen LogP contribution in [0, 0.1) is 5.92 Å². The number of nitrogens with zero attached hydrogens (tertiary/aromatic N) is 3. The molecule has 2 aromatic rings. The van der Waals surface area contributed by atoms with Gasteiger partial charge in [0.05, 0.1) is 0 Å². The normalized spacial score (nSPS) is 12.2. The lowest BCUT2D eigenvalue weighted by Crippen LogP contribution is -2.36. The van der Waals surface area contributed by atoms with Crippen molar-refractivity contribution in [2.45, 2.75) is 53.0 Å². The highest BCUT2D eigenvalue weighted by molar-refractivity contribution is 7.09. The van der Waals surface area contributed by atoms with Crippen LogP contribution in [0.1, 0.15) is 51.9 Å². The molecule has 1 N–H and O–H groups in total. The molecule has 0 aliphatic heterocycles. The van der Waals surface area contributed by atoms with E-state index in [-0.39, 0.29) is 11.9 Å². The highest BCUT2D eigenvalue weighted by Crippen LogP contribution is 2.20. The van der Waals surface area contributed by atoms with Gasteiger partial charge in [-0.15, -0.1) is 0 Å². The molecule has 0 radical (unpaired) electrons. The van der Waals surface area contributed by atoms with Crippen molar-refractivity contribution < 1.29 is 4.79 Å². The molecule has 142 valence electrons. The molecule has 0 aliphatic carbocycles. The second kappa shape index (κ2) is 10.3. The molecule has 1 amide bonds. The summed E-state index contributed by atoms with van der Waals surface area (Å²) in [6.07, 6.45) is 2.16. The SMILES string of the molecule is CC[C@@H](C)NC(=O)CCN(CC(C)C)c1nc(Cc2ccccc2)ns1. The zero-order valence-corrected chi connectivity index (χ0v) is 17.1. The number of hydrogen-bond donors (Lipinski definition) is 1. The predicted molar refractivity (Wildman–Crippen MR) is 109 cm³/mol. The molecule has 0 bridgehead atoms. The van der Waals surface area contributed by atoms with E-state index in [0.29, 0.717) is 18.9 Å². The first kappa shape index (κ1) is 20.4. The molecule has 0 saturated carbocycles. The highest BCUT2D eigenvalue weighted by Gasteiger charge is 2.16. The van der Waals surface area contributed by atoms with Crippen molar-refractivity contribution in [3.8, 4) is 0 Å². The Kier molecular flexibility index (Phi) is 8.04. The lowest BCUT2D eigenvalue weighted by molar-refractivity contribution is -0.121. The largest absolute Gasteiger partial charge is 0.354 e. The maximum Gasteiger partial charge on any atom is 0.221 e. The van der Waals surface area contributed by atoms with Crippen LogP contribution in [0.25, 0.3) is 0 Å². The van der Waals surface area contributed by atoms with Crippen LogP contribution in [-0.2, 0) is 11.2 Å². The topological polar surface area (TPSA) is 58.1 Å². The first-order valence-corrected chi connectivity index (χ1v) is 10.2. The molecule has 0 unspecified atom stereocenters. The maximum absolute atomic E-state index is 12.1. The van der Waals surface area contributed by atoms with Crippen LogP contribution in [0.3, 0.4) is 0 Å². The third-order valence-corrected chi connectivity index (χ3v) is 4.96. The van der Waals surface area contributed by atoms with Crippen LogP contribution in [-0.4, -0.2) is 34.4 Å². The minimum Gasteiger partial charge on any atom is -0.354 e. The van der Waals surface area contributed by atoms with Crippen LogP contribution >= 0.6 is 11.5 Å². The van der Waals surface area contributed by atoms with Crippen molar-refractivity contribution in [2.24, 2.45) is 5.92 Å². The van der Waals surface area contributed by atoms with Gasteiger partial charge in [-0.05, 0) is 24.8 Å². The Morgan fingerprint density at radius 1 is 1.23 bits per heavy atom.